The molecule has 0 bridgehead atoms. The Morgan fingerprint density at radius 1 is 1.45 bits per heavy atom. The fraction of sp³-hybridized carbons (Fsp3) is 0.933. The molecule has 0 aromatic carbocycles. The van der Waals surface area contributed by atoms with Crippen molar-refractivity contribution in [2.45, 2.75) is 50.2 Å². The molecule has 3 atom stereocenters. The highest BCUT2D eigenvalue weighted by molar-refractivity contribution is 5.85. The molecule has 2 fully saturated rings. The Labute approximate surface area is 122 Å². The monoisotopic (exact) mass is 283 g/mol. The Morgan fingerprint density at radius 3 is 2.90 bits per heavy atom. The maximum Gasteiger partial charge on any atom is 0.238 e. The van der Waals surface area contributed by atoms with Gasteiger partial charge in [0.25, 0.3) is 0 Å². The number of nitrogens with two attached hydrogens (primary N) is 1. The number of ether oxygens (including phenoxy) is 1. The minimum absolute atomic E-state index is 0.184. The van der Waals surface area contributed by atoms with Crippen molar-refractivity contribution in [2.24, 2.45) is 11.7 Å². The summed E-state index contributed by atoms with van der Waals surface area (Å²) in [5.41, 5.74) is 5.18. The smallest absolute Gasteiger partial charge is 0.238 e. The summed E-state index contributed by atoms with van der Waals surface area (Å²) in [6.07, 6.45) is 6.86. The van der Waals surface area contributed by atoms with E-state index in [-0.39, 0.29) is 5.91 Å². The van der Waals surface area contributed by atoms with Gasteiger partial charge in [-0.2, -0.15) is 0 Å². The number of likely N-dealkylation sites (N-methyl/N-ethyl adjacent to an activating group) is 1. The number of rotatable bonds is 6. The summed E-state index contributed by atoms with van der Waals surface area (Å²) >= 11 is 0. The second-order valence-electron chi connectivity index (χ2n) is 6.26. The van der Waals surface area contributed by atoms with Crippen LogP contribution >= 0.6 is 0 Å². The molecule has 3 N–H and O–H groups in total. The molecule has 1 aliphatic carbocycles. The topological polar surface area (TPSA) is 67.6 Å². The van der Waals surface area contributed by atoms with Gasteiger partial charge in [-0.3, -0.25) is 4.79 Å². The number of methoxy groups -OCH3 is 1. The average molecular weight is 283 g/mol. The molecule has 0 aromatic heterocycles. The predicted octanol–water partition coefficient (Wildman–Crippen LogP) is 0.731. The van der Waals surface area contributed by atoms with Gasteiger partial charge in [-0.25, -0.2) is 0 Å². The fourth-order valence-corrected chi connectivity index (χ4v) is 3.99. The first-order valence-corrected chi connectivity index (χ1v) is 7.86. The number of primary amides is 1. The van der Waals surface area contributed by atoms with Crippen LogP contribution in [0.15, 0.2) is 0 Å². The maximum absolute atomic E-state index is 11.8. The van der Waals surface area contributed by atoms with Crippen molar-refractivity contribution in [2.75, 3.05) is 33.8 Å². The zero-order valence-electron chi connectivity index (χ0n) is 12.9. The summed E-state index contributed by atoms with van der Waals surface area (Å²) < 4.78 is 5.47. The van der Waals surface area contributed by atoms with Gasteiger partial charge in [0.05, 0.1) is 6.10 Å². The summed E-state index contributed by atoms with van der Waals surface area (Å²) in [5, 5.41) is 3.22. The first-order valence-electron chi connectivity index (χ1n) is 7.86. The summed E-state index contributed by atoms with van der Waals surface area (Å²) in [7, 11) is 3.66. The van der Waals surface area contributed by atoms with Crippen LogP contribution in [0, 0.1) is 5.92 Å². The number of nitrogens with one attached hydrogen (secondary N) is 1. The van der Waals surface area contributed by atoms with E-state index in [4.69, 9.17) is 10.5 Å². The van der Waals surface area contributed by atoms with Gasteiger partial charge in [-0.15, -0.1) is 0 Å². The van der Waals surface area contributed by atoms with Crippen LogP contribution in [-0.4, -0.2) is 56.2 Å². The van der Waals surface area contributed by atoms with Gasteiger partial charge in [0.2, 0.25) is 5.91 Å². The summed E-state index contributed by atoms with van der Waals surface area (Å²) in [6.45, 7) is 3.21. The van der Waals surface area contributed by atoms with E-state index in [1.807, 2.05) is 7.05 Å². The summed E-state index contributed by atoms with van der Waals surface area (Å²) in [4.78, 5) is 14.3. The molecule has 20 heavy (non-hydrogen) atoms. The lowest BCUT2D eigenvalue weighted by atomic mass is 9.84. The molecular formula is C15H29N3O2. The highest BCUT2D eigenvalue weighted by Crippen LogP contribution is 2.37. The summed E-state index contributed by atoms with van der Waals surface area (Å²) in [6, 6.07) is 0. The van der Waals surface area contributed by atoms with Crippen LogP contribution in [-0.2, 0) is 9.53 Å². The first-order chi connectivity index (χ1) is 9.62. The van der Waals surface area contributed by atoms with Gasteiger partial charge in [0.15, 0.2) is 0 Å². The van der Waals surface area contributed by atoms with Gasteiger partial charge < -0.3 is 20.7 Å². The van der Waals surface area contributed by atoms with Gasteiger partial charge in [0, 0.05) is 13.7 Å². The Morgan fingerprint density at radius 2 is 2.25 bits per heavy atom. The number of piperidine rings is 1. The Hall–Kier alpha value is -0.650. The fourth-order valence-electron chi connectivity index (χ4n) is 3.99. The van der Waals surface area contributed by atoms with Crippen molar-refractivity contribution >= 4 is 5.91 Å². The second-order valence-corrected chi connectivity index (χ2v) is 6.26. The van der Waals surface area contributed by atoms with Crippen LogP contribution in [0.4, 0.5) is 0 Å². The predicted molar refractivity (Wildman–Crippen MR) is 79.4 cm³/mol. The number of likely N-dealkylation sites (tertiary alicyclic amines) is 1. The van der Waals surface area contributed by atoms with Gasteiger partial charge in [-0.1, -0.05) is 6.42 Å². The third kappa shape index (κ3) is 3.15. The van der Waals surface area contributed by atoms with E-state index in [1.165, 1.54) is 6.42 Å². The Balaban J connectivity index is 1.88. The minimum Gasteiger partial charge on any atom is -0.380 e. The van der Waals surface area contributed by atoms with Crippen LogP contribution in [0.25, 0.3) is 0 Å². The molecule has 0 spiro atoms. The van der Waals surface area contributed by atoms with E-state index in [9.17, 15) is 4.79 Å². The molecule has 1 amide bonds. The van der Waals surface area contributed by atoms with Crippen molar-refractivity contribution < 1.29 is 9.53 Å². The van der Waals surface area contributed by atoms with Crippen molar-refractivity contribution in [1.29, 1.82) is 0 Å². The zero-order chi connectivity index (χ0) is 14.6. The molecule has 5 heteroatoms. The van der Waals surface area contributed by atoms with Crippen LogP contribution in [0.2, 0.25) is 0 Å². The number of carbonyl (C=O) groups excluding carboxylic acids is 1. The van der Waals surface area contributed by atoms with E-state index in [0.717, 1.165) is 51.7 Å². The molecule has 5 nitrogen and oxygen atoms in total. The van der Waals surface area contributed by atoms with E-state index >= 15 is 0 Å². The minimum atomic E-state index is -0.476. The highest BCUT2D eigenvalue weighted by atomic mass is 16.5. The largest absolute Gasteiger partial charge is 0.380 e. The lowest BCUT2D eigenvalue weighted by Crippen LogP contribution is -2.57. The molecular weight excluding hydrogens is 254 g/mol. The SMILES string of the molecule is CNC1(C(N)=O)CCCC1CCN1CCCC(OC)C1. The average Bonchev–Trinajstić information content (AvgIpc) is 2.89. The van der Waals surface area contributed by atoms with Crippen LogP contribution < -0.4 is 11.1 Å². The molecule has 1 heterocycles. The van der Waals surface area contributed by atoms with Crippen molar-refractivity contribution in [1.82, 2.24) is 10.2 Å². The maximum atomic E-state index is 11.8. The summed E-state index contributed by atoms with van der Waals surface area (Å²) in [5.74, 6) is 0.184. The first kappa shape index (κ1) is 15.7. The third-order valence-electron chi connectivity index (χ3n) is 5.30. The highest BCUT2D eigenvalue weighted by Gasteiger charge is 2.46. The number of hydrogen-bond donors (Lipinski definition) is 2. The van der Waals surface area contributed by atoms with Crippen molar-refractivity contribution in [3.8, 4) is 0 Å². The zero-order valence-corrected chi connectivity index (χ0v) is 12.9. The normalized spacial score (nSPS) is 35.3. The molecule has 3 unspecified atom stereocenters. The molecule has 0 aromatic rings. The standard InChI is InChI=1S/C15H29N3O2/c1-17-15(14(16)19)8-3-5-12(15)7-10-18-9-4-6-13(11-18)20-2/h12-13,17H,3-11H2,1-2H3,(H2,16,19). The Kier molecular flexibility index (Phi) is 5.41. The molecule has 1 saturated heterocycles. The molecule has 116 valence electrons. The second kappa shape index (κ2) is 6.87. The van der Waals surface area contributed by atoms with E-state index in [1.54, 1.807) is 7.11 Å². The molecule has 2 aliphatic rings. The van der Waals surface area contributed by atoms with E-state index in [0.29, 0.717) is 12.0 Å². The van der Waals surface area contributed by atoms with Crippen molar-refractivity contribution in [3.63, 3.8) is 0 Å². The molecule has 0 radical (unpaired) electrons. The van der Waals surface area contributed by atoms with Crippen LogP contribution in [0.5, 0.6) is 0 Å². The molecule has 1 aliphatic heterocycles. The van der Waals surface area contributed by atoms with Crippen LogP contribution in [0.3, 0.4) is 0 Å². The van der Waals surface area contributed by atoms with E-state index in [2.05, 4.69) is 10.2 Å². The molecule has 1 saturated carbocycles. The third-order valence-corrected chi connectivity index (χ3v) is 5.30. The van der Waals surface area contributed by atoms with Gasteiger partial charge >= 0.3 is 0 Å². The van der Waals surface area contributed by atoms with Gasteiger partial charge in [-0.05, 0) is 58.2 Å². The van der Waals surface area contributed by atoms with E-state index < -0.39 is 5.54 Å². The Bertz CT molecular complexity index is 337. The lowest BCUT2D eigenvalue weighted by molar-refractivity contribution is -0.125. The quantitative estimate of drug-likeness (QED) is 0.754. The lowest BCUT2D eigenvalue weighted by Gasteiger charge is -2.36. The number of carbonyl (C=O) groups is 1. The van der Waals surface area contributed by atoms with Gasteiger partial charge in [0.1, 0.15) is 5.54 Å². The molecule has 2 rings (SSSR count). The number of amides is 1. The van der Waals surface area contributed by atoms with Crippen molar-refractivity contribution in [3.05, 3.63) is 0 Å². The number of nitrogens with zero attached hydrogens (tertiary/aromatic N) is 1. The number of hydrogen-bond acceptors (Lipinski definition) is 4. The van der Waals surface area contributed by atoms with Crippen LogP contribution in [0.1, 0.15) is 38.5 Å².